The molecule has 2 heterocycles. The van der Waals surface area contributed by atoms with E-state index in [4.69, 9.17) is 0 Å². The van der Waals surface area contributed by atoms with Gasteiger partial charge < -0.3 is 24.6 Å². The van der Waals surface area contributed by atoms with Crippen LogP contribution in [0.15, 0.2) is 71.7 Å². The first-order valence-electron chi connectivity index (χ1n) is 13.5. The molecular weight excluding hydrogens is 511 g/mol. The van der Waals surface area contributed by atoms with E-state index in [2.05, 4.69) is 23.6 Å². The van der Waals surface area contributed by atoms with E-state index in [-0.39, 0.29) is 22.3 Å². The lowest BCUT2D eigenvalue weighted by Gasteiger charge is -2.37. The molecule has 1 aliphatic rings. The Kier molecular flexibility index (Phi) is 7.75. The van der Waals surface area contributed by atoms with E-state index in [0.717, 1.165) is 37.0 Å². The van der Waals surface area contributed by atoms with Crippen molar-refractivity contribution in [3.8, 4) is 11.4 Å². The van der Waals surface area contributed by atoms with E-state index in [1.165, 1.54) is 10.8 Å². The number of pyridine rings is 1. The number of piperazine rings is 1. The van der Waals surface area contributed by atoms with Crippen molar-refractivity contribution in [2.24, 2.45) is 0 Å². The number of carboxylic acid groups (broad SMARTS) is 1. The highest BCUT2D eigenvalue weighted by Crippen LogP contribution is 2.39. The molecule has 0 amide bonds. The molecule has 0 bridgehead atoms. The molecule has 9 heteroatoms. The molecule has 0 radical (unpaired) electrons. The SMILES string of the molecule is CCN(CC)Cc1ccc(-n2cc(C(=O)O)c(=O)c3cc(F)c(N4CCN(c5ccccc5)CC4)c(O)c32)cc1. The lowest BCUT2D eigenvalue weighted by atomic mass is 10.1. The predicted molar refractivity (Wildman–Crippen MR) is 156 cm³/mol. The van der Waals surface area contributed by atoms with E-state index < -0.39 is 22.8 Å². The summed E-state index contributed by atoms with van der Waals surface area (Å²) in [6, 6.07) is 18.5. The van der Waals surface area contributed by atoms with Crippen LogP contribution in [0.5, 0.6) is 5.75 Å². The first-order valence-corrected chi connectivity index (χ1v) is 13.5. The second kappa shape index (κ2) is 11.4. The highest BCUT2D eigenvalue weighted by Gasteiger charge is 2.27. The van der Waals surface area contributed by atoms with Crippen LogP contribution < -0.4 is 15.2 Å². The van der Waals surface area contributed by atoms with Gasteiger partial charge in [0, 0.05) is 50.3 Å². The summed E-state index contributed by atoms with van der Waals surface area (Å²) in [4.78, 5) is 31.3. The van der Waals surface area contributed by atoms with Crippen LogP contribution in [0.1, 0.15) is 29.8 Å². The van der Waals surface area contributed by atoms with Gasteiger partial charge in [-0.3, -0.25) is 9.69 Å². The summed E-state index contributed by atoms with van der Waals surface area (Å²) in [5.74, 6) is -2.57. The van der Waals surface area contributed by atoms with Gasteiger partial charge in [-0.1, -0.05) is 44.2 Å². The number of aromatic hydroxyl groups is 1. The van der Waals surface area contributed by atoms with Crippen molar-refractivity contribution in [1.82, 2.24) is 9.47 Å². The number of carbonyl (C=O) groups is 1. The van der Waals surface area contributed by atoms with Crippen molar-refractivity contribution in [3.63, 3.8) is 0 Å². The summed E-state index contributed by atoms with van der Waals surface area (Å²) in [6.07, 6.45) is 1.21. The molecule has 3 aromatic carbocycles. The number of halogens is 1. The van der Waals surface area contributed by atoms with Gasteiger partial charge in [-0.15, -0.1) is 0 Å². The van der Waals surface area contributed by atoms with Gasteiger partial charge in [0.25, 0.3) is 0 Å². The number of rotatable bonds is 8. The number of phenols is 1. The third kappa shape index (κ3) is 5.12. The average molecular weight is 545 g/mol. The summed E-state index contributed by atoms with van der Waals surface area (Å²) in [7, 11) is 0. The summed E-state index contributed by atoms with van der Waals surface area (Å²) >= 11 is 0. The number of phenolic OH excluding ortho intramolecular Hbond substituents is 1. The Morgan fingerprint density at radius 1 is 0.925 bits per heavy atom. The van der Waals surface area contributed by atoms with Gasteiger partial charge in [0.2, 0.25) is 5.43 Å². The van der Waals surface area contributed by atoms with Crippen LogP contribution in [0.2, 0.25) is 0 Å². The number of aromatic nitrogens is 1. The van der Waals surface area contributed by atoms with Crippen LogP contribution in [0.25, 0.3) is 16.6 Å². The van der Waals surface area contributed by atoms with Crippen molar-refractivity contribution in [2.75, 3.05) is 49.1 Å². The van der Waals surface area contributed by atoms with E-state index in [1.807, 2.05) is 54.6 Å². The monoisotopic (exact) mass is 544 g/mol. The molecule has 0 aliphatic carbocycles. The molecule has 0 atom stereocenters. The summed E-state index contributed by atoms with van der Waals surface area (Å²) < 4.78 is 17.0. The quantitative estimate of drug-likeness (QED) is 0.332. The highest BCUT2D eigenvalue weighted by atomic mass is 19.1. The van der Waals surface area contributed by atoms with Gasteiger partial charge >= 0.3 is 5.97 Å². The van der Waals surface area contributed by atoms with Crippen molar-refractivity contribution in [3.05, 3.63) is 94.0 Å². The minimum atomic E-state index is -1.42. The Hall–Kier alpha value is -4.37. The number of para-hydroxylation sites is 1. The molecule has 0 unspecified atom stereocenters. The van der Waals surface area contributed by atoms with Crippen molar-refractivity contribution < 1.29 is 19.4 Å². The first-order chi connectivity index (χ1) is 19.3. The maximum atomic E-state index is 15.6. The Bertz CT molecular complexity index is 1580. The standard InChI is InChI=1S/C31H33FN4O4/c1-3-33(4-2)19-21-10-12-23(13-11-21)36-20-25(31(39)40)29(37)24-18-26(32)28(30(38)27(24)36)35-16-14-34(15-17-35)22-8-6-5-7-9-22/h5-13,18,20,38H,3-4,14-17,19H2,1-2H3,(H,39,40). The van der Waals surface area contributed by atoms with Gasteiger partial charge in [0.15, 0.2) is 11.6 Å². The Balaban J connectivity index is 1.58. The molecule has 2 N–H and O–H groups in total. The number of nitrogens with zero attached hydrogens (tertiary/aromatic N) is 4. The van der Waals surface area contributed by atoms with E-state index in [9.17, 15) is 19.8 Å². The second-order valence-corrected chi connectivity index (χ2v) is 9.94. The maximum absolute atomic E-state index is 15.6. The molecule has 1 aromatic heterocycles. The van der Waals surface area contributed by atoms with Crippen LogP contribution in [0.3, 0.4) is 0 Å². The van der Waals surface area contributed by atoms with E-state index in [0.29, 0.717) is 31.9 Å². The molecule has 0 spiro atoms. The molecular formula is C31H33FN4O4. The fourth-order valence-corrected chi connectivity index (χ4v) is 5.38. The van der Waals surface area contributed by atoms with Gasteiger partial charge in [-0.05, 0) is 49.0 Å². The van der Waals surface area contributed by atoms with Crippen LogP contribution in [-0.2, 0) is 6.54 Å². The maximum Gasteiger partial charge on any atom is 0.341 e. The lowest BCUT2D eigenvalue weighted by Crippen LogP contribution is -2.46. The molecule has 4 aromatic rings. The zero-order valence-corrected chi connectivity index (χ0v) is 22.7. The van der Waals surface area contributed by atoms with E-state index >= 15 is 4.39 Å². The van der Waals surface area contributed by atoms with Gasteiger partial charge in [-0.2, -0.15) is 0 Å². The molecule has 0 saturated carbocycles. The van der Waals surface area contributed by atoms with Crippen molar-refractivity contribution in [2.45, 2.75) is 20.4 Å². The summed E-state index contributed by atoms with van der Waals surface area (Å²) in [5, 5.41) is 21.0. The fourth-order valence-electron chi connectivity index (χ4n) is 5.38. The number of carboxylic acids is 1. The number of benzene rings is 3. The minimum Gasteiger partial charge on any atom is -0.504 e. The molecule has 208 valence electrons. The van der Waals surface area contributed by atoms with E-state index in [1.54, 1.807) is 4.90 Å². The molecule has 1 fully saturated rings. The Morgan fingerprint density at radius 2 is 1.55 bits per heavy atom. The number of hydrogen-bond acceptors (Lipinski definition) is 6. The Labute approximate surface area is 232 Å². The third-order valence-corrected chi connectivity index (χ3v) is 7.65. The Morgan fingerprint density at radius 3 is 2.15 bits per heavy atom. The van der Waals surface area contributed by atoms with Crippen LogP contribution in [0.4, 0.5) is 15.8 Å². The molecule has 8 nitrogen and oxygen atoms in total. The third-order valence-electron chi connectivity index (χ3n) is 7.65. The number of fused-ring (bicyclic) bond motifs is 1. The number of aromatic carboxylic acids is 1. The normalized spacial score (nSPS) is 13.8. The van der Waals surface area contributed by atoms with Gasteiger partial charge in [0.05, 0.1) is 5.39 Å². The zero-order chi connectivity index (χ0) is 28.4. The molecule has 40 heavy (non-hydrogen) atoms. The topological polar surface area (TPSA) is 89.2 Å². The van der Waals surface area contributed by atoms with Crippen LogP contribution in [0, 0.1) is 5.82 Å². The van der Waals surface area contributed by atoms with Gasteiger partial charge in [-0.25, -0.2) is 9.18 Å². The minimum absolute atomic E-state index is 0.00888. The lowest BCUT2D eigenvalue weighted by molar-refractivity contribution is 0.0695. The number of hydrogen-bond donors (Lipinski definition) is 2. The second-order valence-electron chi connectivity index (χ2n) is 9.94. The fraction of sp³-hybridized carbons (Fsp3) is 0.290. The predicted octanol–water partition coefficient (Wildman–Crippen LogP) is 4.70. The molecule has 5 rings (SSSR count). The van der Waals surface area contributed by atoms with Crippen LogP contribution >= 0.6 is 0 Å². The first kappa shape index (κ1) is 27.2. The molecule has 1 aliphatic heterocycles. The van der Waals surface area contributed by atoms with Crippen molar-refractivity contribution >= 4 is 28.2 Å². The van der Waals surface area contributed by atoms with Crippen molar-refractivity contribution in [1.29, 1.82) is 0 Å². The zero-order valence-electron chi connectivity index (χ0n) is 22.7. The van der Waals surface area contributed by atoms with Gasteiger partial charge in [0.1, 0.15) is 16.8 Å². The van der Waals surface area contributed by atoms with Crippen LogP contribution in [-0.4, -0.2) is 64.9 Å². The largest absolute Gasteiger partial charge is 0.504 e. The molecule has 1 saturated heterocycles. The smallest absolute Gasteiger partial charge is 0.341 e. The summed E-state index contributed by atoms with van der Waals surface area (Å²) in [5.41, 5.74) is 1.45. The average Bonchev–Trinajstić information content (AvgIpc) is 2.97. The number of anilines is 2. The highest BCUT2D eigenvalue weighted by molar-refractivity contribution is 5.97. The summed E-state index contributed by atoms with van der Waals surface area (Å²) in [6.45, 7) is 8.94.